The van der Waals surface area contributed by atoms with Crippen molar-refractivity contribution in [1.82, 2.24) is 10.3 Å². The van der Waals surface area contributed by atoms with Crippen LogP contribution in [0.25, 0.3) is 0 Å². The maximum Gasteiger partial charge on any atom is 0.427 e. The highest BCUT2D eigenvalue weighted by Crippen LogP contribution is 2.01. The SMILES string of the molecule is CCOC(=O)N/N=C/CCN1CC1. The Morgan fingerprint density at radius 2 is 2.46 bits per heavy atom. The van der Waals surface area contributed by atoms with E-state index in [4.69, 9.17) is 0 Å². The Balaban J connectivity index is 1.93. The fourth-order valence-corrected chi connectivity index (χ4v) is 0.861. The highest BCUT2D eigenvalue weighted by atomic mass is 16.5. The predicted octanol–water partition coefficient (Wildman–Crippen LogP) is 0.424. The van der Waals surface area contributed by atoms with Crippen LogP contribution in [0.1, 0.15) is 13.3 Å². The highest BCUT2D eigenvalue weighted by Gasteiger charge is 2.14. The third kappa shape index (κ3) is 5.19. The summed E-state index contributed by atoms with van der Waals surface area (Å²) in [6.45, 7) is 5.53. The van der Waals surface area contributed by atoms with Gasteiger partial charge in [0.2, 0.25) is 0 Å². The highest BCUT2D eigenvalue weighted by molar-refractivity contribution is 5.68. The summed E-state index contributed by atoms with van der Waals surface area (Å²) < 4.78 is 4.61. The summed E-state index contributed by atoms with van der Waals surface area (Å²) in [6.07, 6.45) is 2.06. The van der Waals surface area contributed by atoms with Crippen molar-refractivity contribution in [2.75, 3.05) is 26.2 Å². The first-order valence-corrected chi connectivity index (χ1v) is 4.49. The molecule has 74 valence electrons. The van der Waals surface area contributed by atoms with E-state index in [9.17, 15) is 4.79 Å². The summed E-state index contributed by atoms with van der Waals surface area (Å²) >= 11 is 0. The van der Waals surface area contributed by atoms with E-state index in [0.29, 0.717) is 6.61 Å². The molecule has 0 aromatic rings. The molecular weight excluding hydrogens is 170 g/mol. The van der Waals surface area contributed by atoms with E-state index in [0.717, 1.165) is 13.0 Å². The summed E-state index contributed by atoms with van der Waals surface area (Å²) in [7, 11) is 0. The number of ether oxygens (including phenoxy) is 1. The second kappa shape index (κ2) is 5.53. The Bertz CT molecular complexity index is 190. The molecule has 1 N–H and O–H groups in total. The van der Waals surface area contributed by atoms with Crippen molar-refractivity contribution < 1.29 is 9.53 Å². The van der Waals surface area contributed by atoms with E-state index in [1.54, 1.807) is 13.1 Å². The second-order valence-electron chi connectivity index (χ2n) is 2.77. The van der Waals surface area contributed by atoms with E-state index in [-0.39, 0.29) is 0 Å². The maximum absolute atomic E-state index is 10.7. The summed E-state index contributed by atoms with van der Waals surface area (Å²) in [4.78, 5) is 13.0. The minimum atomic E-state index is -0.495. The number of carbonyl (C=O) groups excluding carboxylic acids is 1. The van der Waals surface area contributed by atoms with Gasteiger partial charge in [0.1, 0.15) is 0 Å². The molecule has 1 rings (SSSR count). The molecule has 5 nitrogen and oxygen atoms in total. The van der Waals surface area contributed by atoms with E-state index in [1.165, 1.54) is 13.1 Å². The van der Waals surface area contributed by atoms with Crippen molar-refractivity contribution in [3.8, 4) is 0 Å². The molecule has 1 aliphatic heterocycles. The average molecular weight is 185 g/mol. The Morgan fingerprint density at radius 1 is 1.69 bits per heavy atom. The molecule has 1 fully saturated rings. The molecule has 0 saturated carbocycles. The lowest BCUT2D eigenvalue weighted by Gasteiger charge is -1.98. The van der Waals surface area contributed by atoms with Gasteiger partial charge in [0.15, 0.2) is 0 Å². The molecule has 1 saturated heterocycles. The van der Waals surface area contributed by atoms with Gasteiger partial charge >= 0.3 is 6.09 Å². The molecule has 0 aromatic heterocycles. The van der Waals surface area contributed by atoms with Gasteiger partial charge in [-0.25, -0.2) is 10.2 Å². The van der Waals surface area contributed by atoms with Crippen LogP contribution in [-0.2, 0) is 4.74 Å². The molecule has 0 unspecified atom stereocenters. The standard InChI is InChI=1S/C8H15N3O2/c1-2-13-8(12)10-9-4-3-5-11-6-7-11/h4H,2-3,5-7H2,1H3,(H,10,12)/b9-4+. The molecule has 0 spiro atoms. The molecular formula is C8H15N3O2. The molecule has 1 amide bonds. The normalized spacial score (nSPS) is 16.1. The van der Waals surface area contributed by atoms with Crippen molar-refractivity contribution in [2.24, 2.45) is 5.10 Å². The Hall–Kier alpha value is -1.10. The van der Waals surface area contributed by atoms with Crippen LogP contribution in [0.15, 0.2) is 5.10 Å². The molecule has 0 aliphatic carbocycles. The number of hydrazone groups is 1. The number of amides is 1. The van der Waals surface area contributed by atoms with Crippen molar-refractivity contribution in [3.05, 3.63) is 0 Å². The lowest BCUT2D eigenvalue weighted by atomic mass is 10.5. The van der Waals surface area contributed by atoms with Crippen molar-refractivity contribution in [2.45, 2.75) is 13.3 Å². The maximum atomic E-state index is 10.7. The topological polar surface area (TPSA) is 53.7 Å². The van der Waals surface area contributed by atoms with Gasteiger partial charge < -0.3 is 9.64 Å². The monoisotopic (exact) mass is 185 g/mol. The molecule has 1 heterocycles. The van der Waals surface area contributed by atoms with Gasteiger partial charge in [-0.2, -0.15) is 5.10 Å². The predicted molar refractivity (Wildman–Crippen MR) is 49.7 cm³/mol. The van der Waals surface area contributed by atoms with Crippen LogP contribution in [0.4, 0.5) is 4.79 Å². The van der Waals surface area contributed by atoms with E-state index in [2.05, 4.69) is 20.2 Å². The fraction of sp³-hybridized carbons (Fsp3) is 0.750. The Kier molecular flexibility index (Phi) is 4.25. The van der Waals surface area contributed by atoms with Gasteiger partial charge in [0, 0.05) is 25.8 Å². The van der Waals surface area contributed by atoms with Gasteiger partial charge in [-0.3, -0.25) is 0 Å². The van der Waals surface area contributed by atoms with Crippen LogP contribution in [0.3, 0.4) is 0 Å². The van der Waals surface area contributed by atoms with Crippen molar-refractivity contribution in [3.63, 3.8) is 0 Å². The smallest absolute Gasteiger partial charge is 0.427 e. The van der Waals surface area contributed by atoms with Crippen LogP contribution >= 0.6 is 0 Å². The van der Waals surface area contributed by atoms with Crippen LogP contribution in [0.5, 0.6) is 0 Å². The molecule has 0 aromatic carbocycles. The first kappa shape index (κ1) is 9.98. The molecule has 0 radical (unpaired) electrons. The number of hydrogen-bond acceptors (Lipinski definition) is 4. The molecule has 13 heavy (non-hydrogen) atoms. The number of nitrogens with zero attached hydrogens (tertiary/aromatic N) is 2. The van der Waals surface area contributed by atoms with Gasteiger partial charge in [0.05, 0.1) is 6.61 Å². The quantitative estimate of drug-likeness (QED) is 0.384. The number of nitrogens with one attached hydrogen (secondary N) is 1. The van der Waals surface area contributed by atoms with Crippen LogP contribution < -0.4 is 5.43 Å². The summed E-state index contributed by atoms with van der Waals surface area (Å²) in [5.41, 5.74) is 2.27. The first-order chi connectivity index (χ1) is 6.33. The largest absolute Gasteiger partial charge is 0.449 e. The van der Waals surface area contributed by atoms with Gasteiger partial charge in [-0.1, -0.05) is 0 Å². The number of rotatable bonds is 5. The molecule has 0 bridgehead atoms. The zero-order chi connectivity index (χ0) is 9.52. The lowest BCUT2D eigenvalue weighted by molar-refractivity contribution is 0.152. The average Bonchev–Trinajstić information content (AvgIpc) is 2.88. The van der Waals surface area contributed by atoms with Crippen LogP contribution in [0, 0.1) is 0 Å². The minimum Gasteiger partial charge on any atom is -0.449 e. The van der Waals surface area contributed by atoms with Gasteiger partial charge in [-0.05, 0) is 13.3 Å². The van der Waals surface area contributed by atoms with Crippen LogP contribution in [-0.4, -0.2) is 43.4 Å². The summed E-state index contributed by atoms with van der Waals surface area (Å²) in [5.74, 6) is 0. The second-order valence-corrected chi connectivity index (χ2v) is 2.77. The number of carbonyl (C=O) groups is 1. The van der Waals surface area contributed by atoms with Gasteiger partial charge in [-0.15, -0.1) is 0 Å². The molecule has 0 atom stereocenters. The van der Waals surface area contributed by atoms with Crippen molar-refractivity contribution >= 4 is 12.3 Å². The summed E-state index contributed by atoms with van der Waals surface area (Å²) in [5, 5.41) is 3.71. The van der Waals surface area contributed by atoms with E-state index >= 15 is 0 Å². The first-order valence-electron chi connectivity index (χ1n) is 4.49. The Morgan fingerprint density at radius 3 is 3.08 bits per heavy atom. The zero-order valence-corrected chi connectivity index (χ0v) is 7.82. The Labute approximate surface area is 77.7 Å². The third-order valence-corrected chi connectivity index (χ3v) is 1.64. The zero-order valence-electron chi connectivity index (χ0n) is 7.82. The summed E-state index contributed by atoms with van der Waals surface area (Å²) in [6, 6.07) is 0. The minimum absolute atomic E-state index is 0.370. The van der Waals surface area contributed by atoms with E-state index in [1.807, 2.05) is 0 Å². The molecule has 1 aliphatic rings. The van der Waals surface area contributed by atoms with Gasteiger partial charge in [0.25, 0.3) is 0 Å². The fourth-order valence-electron chi connectivity index (χ4n) is 0.861. The van der Waals surface area contributed by atoms with E-state index < -0.39 is 6.09 Å². The number of hydrogen-bond donors (Lipinski definition) is 1. The molecule has 5 heteroatoms. The van der Waals surface area contributed by atoms with Crippen molar-refractivity contribution in [1.29, 1.82) is 0 Å². The third-order valence-electron chi connectivity index (χ3n) is 1.64. The lowest BCUT2D eigenvalue weighted by Crippen LogP contribution is -2.18. The van der Waals surface area contributed by atoms with Crippen LogP contribution in [0.2, 0.25) is 0 Å².